The first-order chi connectivity index (χ1) is 19.3. The zero-order chi connectivity index (χ0) is 29.9. The van der Waals surface area contributed by atoms with Crippen LogP contribution in [0.15, 0.2) is 18.2 Å². The summed E-state index contributed by atoms with van der Waals surface area (Å²) in [5, 5.41) is 11.3. The first-order valence-electron chi connectivity index (χ1n) is 13.2. The highest BCUT2D eigenvalue weighted by Gasteiger charge is 2.42. The topological polar surface area (TPSA) is 141 Å². The van der Waals surface area contributed by atoms with Gasteiger partial charge in [0.05, 0.1) is 42.6 Å². The van der Waals surface area contributed by atoms with Gasteiger partial charge in [-0.1, -0.05) is 6.07 Å². The van der Waals surface area contributed by atoms with E-state index in [2.05, 4.69) is 25.5 Å². The van der Waals surface area contributed by atoms with Crippen molar-refractivity contribution in [2.45, 2.75) is 76.1 Å². The Morgan fingerprint density at radius 2 is 1.95 bits per heavy atom. The van der Waals surface area contributed by atoms with Gasteiger partial charge in [0.25, 0.3) is 5.91 Å². The lowest BCUT2D eigenvalue weighted by atomic mass is 9.76. The summed E-state index contributed by atoms with van der Waals surface area (Å²) in [6.45, 7) is 2.15. The molecule has 224 valence electrons. The maximum atomic E-state index is 14.1. The number of hydrogen-bond donors (Lipinski definition) is 3. The molecule has 2 aromatic heterocycles. The van der Waals surface area contributed by atoms with Crippen molar-refractivity contribution in [2.24, 2.45) is 11.7 Å². The minimum Gasteiger partial charge on any atom is -0.383 e. The second kappa shape index (κ2) is 12.1. The first kappa shape index (κ1) is 30.3. The number of carbonyl (C=O) groups is 2. The summed E-state index contributed by atoms with van der Waals surface area (Å²) in [6.07, 6.45) is -6.66. The van der Waals surface area contributed by atoms with Crippen LogP contribution in [0, 0.1) is 5.92 Å². The molecule has 10 nitrogen and oxygen atoms in total. The Kier molecular flexibility index (Phi) is 8.94. The molecule has 1 saturated carbocycles. The maximum absolute atomic E-state index is 14.1. The van der Waals surface area contributed by atoms with Gasteiger partial charge in [-0.3, -0.25) is 9.59 Å². The van der Waals surface area contributed by atoms with Crippen molar-refractivity contribution in [3.8, 4) is 0 Å². The van der Waals surface area contributed by atoms with Crippen LogP contribution in [0.4, 0.5) is 22.0 Å². The maximum Gasteiger partial charge on any atom is 0.389 e. The molecular formula is C26H32F5N7O3. The number of benzene rings is 1. The van der Waals surface area contributed by atoms with E-state index in [0.717, 1.165) is 0 Å². The monoisotopic (exact) mass is 585 g/mol. The number of alkyl halides is 5. The molecule has 4 N–H and O–H groups in total. The number of hydrogen-bond acceptors (Lipinski definition) is 6. The van der Waals surface area contributed by atoms with Crippen molar-refractivity contribution in [1.29, 1.82) is 0 Å². The highest BCUT2D eigenvalue weighted by molar-refractivity contribution is 5.92. The fourth-order valence-corrected chi connectivity index (χ4v) is 5.11. The molecule has 0 aliphatic heterocycles. The van der Waals surface area contributed by atoms with Gasteiger partial charge in [-0.15, -0.1) is 5.10 Å². The Morgan fingerprint density at radius 1 is 1.24 bits per heavy atom. The highest BCUT2D eigenvalue weighted by atomic mass is 19.4. The van der Waals surface area contributed by atoms with Crippen LogP contribution >= 0.6 is 0 Å². The Hall–Kier alpha value is -3.62. The second-order valence-electron chi connectivity index (χ2n) is 10.4. The molecule has 1 aliphatic carbocycles. The number of nitrogens with two attached hydrogens (primary N) is 1. The quantitative estimate of drug-likeness (QED) is 0.286. The van der Waals surface area contributed by atoms with E-state index >= 15 is 0 Å². The molecule has 0 bridgehead atoms. The number of rotatable bonds is 11. The molecule has 41 heavy (non-hydrogen) atoms. The molecule has 3 aromatic rings. The van der Waals surface area contributed by atoms with E-state index in [-0.39, 0.29) is 56.1 Å². The van der Waals surface area contributed by atoms with Gasteiger partial charge in [0, 0.05) is 26.4 Å². The van der Waals surface area contributed by atoms with Crippen LogP contribution in [-0.4, -0.2) is 62.6 Å². The summed E-state index contributed by atoms with van der Waals surface area (Å²) in [6, 6.07) is 4.48. The Balaban J connectivity index is 1.66. The first-order valence-corrected chi connectivity index (χ1v) is 13.2. The van der Waals surface area contributed by atoms with Crippen LogP contribution in [-0.2, 0) is 16.1 Å². The number of carbonyl (C=O) groups excluding carboxylic acids is 2. The van der Waals surface area contributed by atoms with E-state index in [1.165, 1.54) is 11.9 Å². The highest BCUT2D eigenvalue weighted by Crippen LogP contribution is 2.44. The number of nitrogens with zero attached hydrogens (tertiary/aromatic N) is 4. The minimum atomic E-state index is -4.43. The van der Waals surface area contributed by atoms with Gasteiger partial charge in [-0.2, -0.15) is 23.1 Å². The summed E-state index contributed by atoms with van der Waals surface area (Å²) in [5.41, 5.74) is 7.46. The van der Waals surface area contributed by atoms with Crippen molar-refractivity contribution < 1.29 is 36.3 Å². The second-order valence-corrected chi connectivity index (χ2v) is 10.4. The molecule has 1 aliphatic rings. The molecule has 0 saturated heterocycles. The van der Waals surface area contributed by atoms with E-state index in [9.17, 15) is 31.5 Å². The molecule has 2 amide bonds. The molecule has 4 rings (SSSR count). The standard InChI is InChI=1S/C26H32F5N7O3/c1-14(33-19(39)7-10-26(29,30)31)16-3-4-17-18(13-16)35-24(34-17)20(15-5-8-25(27,28)9-6-15)21-22(23(32)40)37-38(36-21)11-12-41-2/h3-4,13-15,20H,5-12H2,1-2H3,(H2,32,40)(H,33,39)(H,34,35)/t14-,20+/m1/s1. The van der Waals surface area contributed by atoms with Gasteiger partial charge in [0.15, 0.2) is 5.69 Å². The van der Waals surface area contributed by atoms with Crippen LogP contribution in [0.25, 0.3) is 11.0 Å². The van der Waals surface area contributed by atoms with E-state index in [1.807, 2.05) is 0 Å². The number of halogens is 5. The number of aromatic nitrogens is 5. The third-order valence-corrected chi connectivity index (χ3v) is 7.27. The molecule has 2 heterocycles. The Labute approximate surface area is 232 Å². The fourth-order valence-electron chi connectivity index (χ4n) is 5.11. The third kappa shape index (κ3) is 7.57. The van der Waals surface area contributed by atoms with Crippen molar-refractivity contribution >= 4 is 22.8 Å². The predicted octanol–water partition coefficient (Wildman–Crippen LogP) is 4.38. The van der Waals surface area contributed by atoms with Crippen LogP contribution in [0.1, 0.15) is 85.0 Å². The summed E-state index contributed by atoms with van der Waals surface area (Å²) in [7, 11) is 1.50. The van der Waals surface area contributed by atoms with Gasteiger partial charge in [0.1, 0.15) is 11.5 Å². The van der Waals surface area contributed by atoms with Crippen molar-refractivity contribution in [2.75, 3.05) is 13.7 Å². The van der Waals surface area contributed by atoms with Gasteiger partial charge in [-0.05, 0) is 43.4 Å². The lowest BCUT2D eigenvalue weighted by molar-refractivity contribution is -0.144. The van der Waals surface area contributed by atoms with E-state index < -0.39 is 48.7 Å². The molecule has 1 fully saturated rings. The lowest BCUT2D eigenvalue weighted by Gasteiger charge is -2.32. The summed E-state index contributed by atoms with van der Waals surface area (Å²) >= 11 is 0. The third-order valence-electron chi connectivity index (χ3n) is 7.27. The smallest absolute Gasteiger partial charge is 0.383 e. The average molecular weight is 586 g/mol. The van der Waals surface area contributed by atoms with E-state index in [4.69, 9.17) is 10.5 Å². The zero-order valence-electron chi connectivity index (χ0n) is 22.6. The van der Waals surface area contributed by atoms with Gasteiger partial charge >= 0.3 is 6.18 Å². The van der Waals surface area contributed by atoms with Gasteiger partial charge < -0.3 is 20.8 Å². The van der Waals surface area contributed by atoms with E-state index in [0.29, 0.717) is 22.4 Å². The van der Waals surface area contributed by atoms with Crippen molar-refractivity contribution in [3.63, 3.8) is 0 Å². The molecule has 15 heteroatoms. The van der Waals surface area contributed by atoms with Gasteiger partial charge in [-0.25, -0.2) is 13.8 Å². The Bertz CT molecular complexity index is 1380. The SMILES string of the molecule is COCCn1nc(C(N)=O)c([C@@H](c2nc3ccc([C@@H](C)NC(=O)CCC(F)(F)F)cc3[nH]2)C2CCC(F)(F)CC2)n1. The van der Waals surface area contributed by atoms with Gasteiger partial charge in [0.2, 0.25) is 11.8 Å². The molecule has 0 radical (unpaired) electrons. The predicted molar refractivity (Wildman–Crippen MR) is 137 cm³/mol. The number of fused-ring (bicyclic) bond motifs is 1. The number of ether oxygens (including phenoxy) is 1. The van der Waals surface area contributed by atoms with Crippen LogP contribution in [0.2, 0.25) is 0 Å². The zero-order valence-corrected chi connectivity index (χ0v) is 22.6. The number of aromatic amines is 1. The Morgan fingerprint density at radius 3 is 2.59 bits per heavy atom. The largest absolute Gasteiger partial charge is 0.389 e. The van der Waals surface area contributed by atoms with Crippen LogP contribution in [0.3, 0.4) is 0 Å². The van der Waals surface area contributed by atoms with Crippen LogP contribution in [0.5, 0.6) is 0 Å². The average Bonchev–Trinajstić information content (AvgIpc) is 3.51. The van der Waals surface area contributed by atoms with Crippen LogP contribution < -0.4 is 11.1 Å². The number of methoxy groups -OCH3 is 1. The number of nitrogens with one attached hydrogen (secondary N) is 2. The molecule has 1 aromatic carbocycles. The summed E-state index contributed by atoms with van der Waals surface area (Å²) in [4.78, 5) is 33.5. The summed E-state index contributed by atoms with van der Waals surface area (Å²) in [5.74, 6) is -4.98. The minimum absolute atomic E-state index is 0.0835. The molecular weight excluding hydrogens is 553 g/mol. The molecule has 0 unspecified atom stereocenters. The van der Waals surface area contributed by atoms with Crippen molar-refractivity contribution in [3.05, 3.63) is 41.0 Å². The number of imidazole rings is 1. The van der Waals surface area contributed by atoms with Crippen molar-refractivity contribution in [1.82, 2.24) is 30.3 Å². The van der Waals surface area contributed by atoms with E-state index in [1.54, 1.807) is 25.1 Å². The number of H-pyrrole nitrogens is 1. The molecule has 2 atom stereocenters. The number of primary amides is 1. The summed E-state index contributed by atoms with van der Waals surface area (Å²) < 4.78 is 70.6. The molecule has 0 spiro atoms. The fraction of sp³-hybridized carbons (Fsp3) is 0.577. The lowest BCUT2D eigenvalue weighted by Crippen LogP contribution is -2.30. The number of amides is 2. The normalized spacial score (nSPS) is 17.4.